The van der Waals surface area contributed by atoms with Gasteiger partial charge in [-0.25, -0.2) is 0 Å². The molecule has 0 radical (unpaired) electrons. The Hall–Kier alpha value is -1.06. The summed E-state index contributed by atoms with van der Waals surface area (Å²) in [4.78, 5) is 23.0. The SMILES string of the molecule is CCCCCCCCCCCC(CCCCCCCC(=O)O)OC(=O)CCCCCCCCC. The standard InChI is InChI=1S/C30H58O4/c1-3-5-7-9-11-12-14-16-20-24-28(25-21-17-15-18-22-26-29(31)32)34-30(33)27-23-19-13-10-8-6-4-2/h28H,3-27H2,1-2H3,(H,31,32). The first-order valence-corrected chi connectivity index (χ1v) is 15.0. The van der Waals surface area contributed by atoms with Crippen LogP contribution >= 0.6 is 0 Å². The van der Waals surface area contributed by atoms with Crippen molar-refractivity contribution in [1.82, 2.24) is 0 Å². The van der Waals surface area contributed by atoms with Crippen molar-refractivity contribution in [3.63, 3.8) is 0 Å². The van der Waals surface area contributed by atoms with Crippen molar-refractivity contribution in [2.24, 2.45) is 0 Å². The molecule has 0 heterocycles. The number of carboxylic acids is 1. The number of esters is 1. The average molecular weight is 483 g/mol. The third-order valence-corrected chi connectivity index (χ3v) is 6.83. The molecule has 0 amide bonds. The minimum atomic E-state index is -0.700. The third kappa shape index (κ3) is 25.6. The van der Waals surface area contributed by atoms with Crippen LogP contribution in [0.2, 0.25) is 0 Å². The normalized spacial score (nSPS) is 12.1. The van der Waals surface area contributed by atoms with Crippen LogP contribution in [-0.2, 0) is 14.3 Å². The van der Waals surface area contributed by atoms with Crippen molar-refractivity contribution in [2.75, 3.05) is 0 Å². The van der Waals surface area contributed by atoms with E-state index < -0.39 is 5.97 Å². The van der Waals surface area contributed by atoms with E-state index in [1.54, 1.807) is 0 Å². The Morgan fingerprint density at radius 3 is 1.29 bits per heavy atom. The summed E-state index contributed by atoms with van der Waals surface area (Å²) >= 11 is 0. The van der Waals surface area contributed by atoms with Crippen LogP contribution in [-0.4, -0.2) is 23.1 Å². The van der Waals surface area contributed by atoms with Gasteiger partial charge in [0.15, 0.2) is 0 Å². The Bertz CT molecular complexity index is 449. The Morgan fingerprint density at radius 1 is 0.529 bits per heavy atom. The van der Waals surface area contributed by atoms with Gasteiger partial charge >= 0.3 is 11.9 Å². The summed E-state index contributed by atoms with van der Waals surface area (Å²) in [6.45, 7) is 4.50. The average Bonchev–Trinajstić information content (AvgIpc) is 2.81. The summed E-state index contributed by atoms with van der Waals surface area (Å²) in [6, 6.07) is 0. The minimum Gasteiger partial charge on any atom is -0.481 e. The zero-order valence-electron chi connectivity index (χ0n) is 22.9. The lowest BCUT2D eigenvalue weighted by atomic mass is 10.0. The van der Waals surface area contributed by atoms with Crippen molar-refractivity contribution in [1.29, 1.82) is 0 Å². The van der Waals surface area contributed by atoms with Gasteiger partial charge < -0.3 is 9.84 Å². The van der Waals surface area contributed by atoms with Crippen molar-refractivity contribution in [3.05, 3.63) is 0 Å². The summed E-state index contributed by atoms with van der Waals surface area (Å²) in [6.07, 6.45) is 28.2. The van der Waals surface area contributed by atoms with Crippen LogP contribution in [0.1, 0.15) is 174 Å². The molecule has 1 N–H and O–H groups in total. The largest absolute Gasteiger partial charge is 0.481 e. The second kappa shape index (κ2) is 26.5. The Kier molecular flexibility index (Phi) is 25.7. The molecule has 4 heteroatoms. The molecule has 0 saturated carbocycles. The molecule has 0 aromatic heterocycles. The quantitative estimate of drug-likeness (QED) is 0.0934. The lowest BCUT2D eigenvalue weighted by molar-refractivity contribution is -0.150. The molecule has 202 valence electrons. The molecule has 0 aliphatic carbocycles. The van der Waals surface area contributed by atoms with E-state index in [0.29, 0.717) is 6.42 Å². The molecule has 0 saturated heterocycles. The number of hydrogen-bond donors (Lipinski definition) is 1. The molecular weight excluding hydrogens is 424 g/mol. The second-order valence-electron chi connectivity index (χ2n) is 10.3. The van der Waals surface area contributed by atoms with Gasteiger partial charge in [-0.05, 0) is 38.5 Å². The molecular formula is C30H58O4. The summed E-state index contributed by atoms with van der Waals surface area (Å²) in [5.74, 6) is -0.704. The fourth-order valence-corrected chi connectivity index (χ4v) is 4.59. The van der Waals surface area contributed by atoms with E-state index in [2.05, 4.69) is 13.8 Å². The van der Waals surface area contributed by atoms with Gasteiger partial charge in [-0.2, -0.15) is 0 Å². The fraction of sp³-hybridized carbons (Fsp3) is 0.933. The van der Waals surface area contributed by atoms with Gasteiger partial charge in [0.2, 0.25) is 0 Å². The van der Waals surface area contributed by atoms with Crippen LogP contribution < -0.4 is 0 Å². The molecule has 0 spiro atoms. The van der Waals surface area contributed by atoms with Crippen molar-refractivity contribution < 1.29 is 19.4 Å². The molecule has 34 heavy (non-hydrogen) atoms. The predicted molar refractivity (Wildman–Crippen MR) is 144 cm³/mol. The highest BCUT2D eigenvalue weighted by atomic mass is 16.5. The summed E-state index contributed by atoms with van der Waals surface area (Å²) in [5, 5.41) is 8.73. The Balaban J connectivity index is 4.06. The van der Waals surface area contributed by atoms with E-state index in [1.807, 2.05) is 0 Å². The van der Waals surface area contributed by atoms with Crippen LogP contribution in [0.3, 0.4) is 0 Å². The number of unbranched alkanes of at least 4 members (excludes halogenated alkanes) is 18. The lowest BCUT2D eigenvalue weighted by Gasteiger charge is -2.18. The highest BCUT2D eigenvalue weighted by Gasteiger charge is 2.14. The van der Waals surface area contributed by atoms with Gasteiger partial charge in [0.25, 0.3) is 0 Å². The van der Waals surface area contributed by atoms with E-state index in [4.69, 9.17) is 9.84 Å². The number of carbonyl (C=O) groups excluding carboxylic acids is 1. The van der Waals surface area contributed by atoms with Crippen LogP contribution in [0.4, 0.5) is 0 Å². The Morgan fingerprint density at radius 2 is 0.882 bits per heavy atom. The number of carboxylic acid groups (broad SMARTS) is 1. The summed E-state index contributed by atoms with van der Waals surface area (Å²) in [5.41, 5.74) is 0. The van der Waals surface area contributed by atoms with E-state index in [1.165, 1.54) is 83.5 Å². The van der Waals surface area contributed by atoms with Crippen LogP contribution in [0, 0.1) is 0 Å². The molecule has 1 unspecified atom stereocenters. The topological polar surface area (TPSA) is 63.6 Å². The van der Waals surface area contributed by atoms with Crippen molar-refractivity contribution in [2.45, 2.75) is 180 Å². The summed E-state index contributed by atoms with van der Waals surface area (Å²) < 4.78 is 5.91. The van der Waals surface area contributed by atoms with Crippen molar-refractivity contribution >= 4 is 11.9 Å². The molecule has 1 atom stereocenters. The van der Waals surface area contributed by atoms with E-state index in [0.717, 1.165) is 64.2 Å². The van der Waals surface area contributed by atoms with E-state index >= 15 is 0 Å². The number of carbonyl (C=O) groups is 2. The molecule has 0 aromatic carbocycles. The van der Waals surface area contributed by atoms with Gasteiger partial charge in [0, 0.05) is 12.8 Å². The highest BCUT2D eigenvalue weighted by Crippen LogP contribution is 2.18. The molecule has 0 aliphatic heterocycles. The van der Waals surface area contributed by atoms with Gasteiger partial charge in [0.05, 0.1) is 0 Å². The predicted octanol–water partition coefficient (Wildman–Crippen LogP) is 9.78. The maximum Gasteiger partial charge on any atom is 0.306 e. The van der Waals surface area contributed by atoms with Crippen molar-refractivity contribution in [3.8, 4) is 0 Å². The van der Waals surface area contributed by atoms with E-state index in [-0.39, 0.29) is 18.5 Å². The lowest BCUT2D eigenvalue weighted by Crippen LogP contribution is -2.18. The first kappa shape index (κ1) is 32.9. The highest BCUT2D eigenvalue weighted by molar-refractivity contribution is 5.69. The smallest absolute Gasteiger partial charge is 0.306 e. The monoisotopic (exact) mass is 482 g/mol. The number of aliphatic carboxylic acids is 1. The van der Waals surface area contributed by atoms with Gasteiger partial charge in [0.1, 0.15) is 6.10 Å². The van der Waals surface area contributed by atoms with E-state index in [9.17, 15) is 9.59 Å². The van der Waals surface area contributed by atoms with Gasteiger partial charge in [-0.15, -0.1) is 0 Å². The molecule has 4 nitrogen and oxygen atoms in total. The molecule has 0 bridgehead atoms. The van der Waals surface area contributed by atoms with Gasteiger partial charge in [-0.3, -0.25) is 9.59 Å². The molecule has 0 fully saturated rings. The molecule has 0 rings (SSSR count). The number of rotatable bonds is 27. The fourth-order valence-electron chi connectivity index (χ4n) is 4.59. The molecule has 0 aromatic rings. The number of ether oxygens (including phenoxy) is 1. The Labute approximate surface area is 212 Å². The minimum absolute atomic E-state index is 0.00376. The molecule has 0 aliphatic rings. The zero-order valence-corrected chi connectivity index (χ0v) is 22.9. The van der Waals surface area contributed by atoms with Crippen LogP contribution in [0.5, 0.6) is 0 Å². The zero-order chi connectivity index (χ0) is 25.1. The van der Waals surface area contributed by atoms with Gasteiger partial charge in [-0.1, -0.05) is 123 Å². The maximum absolute atomic E-state index is 12.4. The first-order valence-electron chi connectivity index (χ1n) is 15.0. The first-order chi connectivity index (χ1) is 16.6. The van der Waals surface area contributed by atoms with Crippen LogP contribution in [0.25, 0.3) is 0 Å². The third-order valence-electron chi connectivity index (χ3n) is 6.83. The summed E-state index contributed by atoms with van der Waals surface area (Å²) in [7, 11) is 0. The maximum atomic E-state index is 12.4. The van der Waals surface area contributed by atoms with Crippen LogP contribution in [0.15, 0.2) is 0 Å². The number of hydrogen-bond acceptors (Lipinski definition) is 3. The second-order valence-corrected chi connectivity index (χ2v) is 10.3.